The molecule has 1 unspecified atom stereocenters. The molecule has 0 bridgehead atoms. The van der Waals surface area contributed by atoms with Crippen LogP contribution in [0.5, 0.6) is 0 Å². The summed E-state index contributed by atoms with van der Waals surface area (Å²) in [5.41, 5.74) is 1.60. The fourth-order valence-electron chi connectivity index (χ4n) is 2.28. The van der Waals surface area contributed by atoms with Crippen molar-refractivity contribution in [1.82, 2.24) is 9.97 Å². The largest absolute Gasteiger partial charge is 0.292 e. The van der Waals surface area contributed by atoms with Crippen molar-refractivity contribution in [2.45, 2.75) is 6.92 Å². The van der Waals surface area contributed by atoms with Crippen molar-refractivity contribution < 1.29 is 4.79 Å². The van der Waals surface area contributed by atoms with Crippen LogP contribution in [0.4, 0.5) is 5.00 Å². The standard InChI is InChI=1S/C17H16N4OS/c1-12(2)21(17(22)14-6-4-8-19-10-14)15-11-20-16(23-15)13-5-3-7-18-9-13/h3-9,11,14H,1,10H2,2H3. The zero-order valence-electron chi connectivity index (χ0n) is 12.7. The van der Waals surface area contributed by atoms with Gasteiger partial charge in [0.25, 0.3) is 0 Å². The maximum Gasteiger partial charge on any atom is 0.240 e. The number of amides is 1. The van der Waals surface area contributed by atoms with Crippen molar-refractivity contribution >= 4 is 28.5 Å². The molecule has 0 aromatic carbocycles. The number of carbonyl (C=O) groups excluding carboxylic acids is 1. The zero-order valence-corrected chi connectivity index (χ0v) is 13.5. The fraction of sp³-hybridized carbons (Fsp3) is 0.176. The second-order valence-electron chi connectivity index (χ2n) is 5.16. The Hall–Kier alpha value is -2.60. The molecule has 0 N–H and O–H groups in total. The number of allylic oxidation sites excluding steroid dienone is 2. The number of aliphatic imine (C=N–C) groups is 1. The molecule has 1 atom stereocenters. The number of hydrogen-bond donors (Lipinski definition) is 0. The molecule has 0 radical (unpaired) electrons. The number of dihydropyridines is 1. The highest BCUT2D eigenvalue weighted by molar-refractivity contribution is 7.19. The molecule has 0 fully saturated rings. The Bertz CT molecular complexity index is 779. The van der Waals surface area contributed by atoms with Crippen molar-refractivity contribution in [3.8, 4) is 10.6 Å². The van der Waals surface area contributed by atoms with Crippen LogP contribution in [0.1, 0.15) is 6.92 Å². The molecule has 0 saturated heterocycles. The van der Waals surface area contributed by atoms with E-state index in [0.717, 1.165) is 15.6 Å². The first-order valence-corrected chi connectivity index (χ1v) is 8.01. The van der Waals surface area contributed by atoms with E-state index < -0.39 is 0 Å². The summed E-state index contributed by atoms with van der Waals surface area (Å²) in [5, 5.41) is 1.58. The Morgan fingerprint density at radius 2 is 2.30 bits per heavy atom. The predicted octanol–water partition coefficient (Wildman–Crippen LogP) is 3.33. The summed E-state index contributed by atoms with van der Waals surface area (Å²) in [6.45, 7) is 6.22. The molecule has 1 amide bonds. The number of thiazole rings is 1. The summed E-state index contributed by atoms with van der Waals surface area (Å²) in [5.74, 6) is -0.298. The SMILES string of the molecule is C=C(C)N(C(=O)C1C=CC=NC1)c1cnc(-c2cccnc2)s1. The van der Waals surface area contributed by atoms with E-state index in [4.69, 9.17) is 0 Å². The summed E-state index contributed by atoms with van der Waals surface area (Å²) in [6.07, 6.45) is 10.6. The maximum atomic E-state index is 12.8. The Balaban J connectivity index is 1.89. The quantitative estimate of drug-likeness (QED) is 0.867. The first kappa shape index (κ1) is 15.3. The third-order valence-electron chi connectivity index (χ3n) is 3.38. The lowest BCUT2D eigenvalue weighted by molar-refractivity contribution is -0.120. The van der Waals surface area contributed by atoms with Crippen molar-refractivity contribution in [1.29, 1.82) is 0 Å². The summed E-state index contributed by atoms with van der Waals surface area (Å²) >= 11 is 1.45. The van der Waals surface area contributed by atoms with E-state index in [1.807, 2.05) is 25.1 Å². The van der Waals surface area contributed by atoms with Crippen LogP contribution in [-0.2, 0) is 4.79 Å². The molecule has 2 aromatic rings. The lowest BCUT2D eigenvalue weighted by atomic mass is 10.1. The van der Waals surface area contributed by atoms with Crippen LogP contribution in [0.2, 0.25) is 0 Å². The van der Waals surface area contributed by atoms with Gasteiger partial charge in [-0.15, -0.1) is 0 Å². The van der Waals surface area contributed by atoms with E-state index in [2.05, 4.69) is 21.5 Å². The molecular weight excluding hydrogens is 308 g/mol. The Morgan fingerprint density at radius 3 is 2.96 bits per heavy atom. The van der Waals surface area contributed by atoms with Gasteiger partial charge < -0.3 is 0 Å². The molecular formula is C17H16N4OS. The van der Waals surface area contributed by atoms with Gasteiger partial charge in [-0.1, -0.05) is 24.0 Å². The number of anilines is 1. The highest BCUT2D eigenvalue weighted by Gasteiger charge is 2.26. The Kier molecular flexibility index (Phi) is 4.43. The van der Waals surface area contributed by atoms with Crippen molar-refractivity contribution in [3.05, 3.63) is 55.2 Å². The molecule has 0 spiro atoms. The topological polar surface area (TPSA) is 58.5 Å². The van der Waals surface area contributed by atoms with E-state index in [0.29, 0.717) is 12.2 Å². The molecule has 2 aromatic heterocycles. The average molecular weight is 324 g/mol. The van der Waals surface area contributed by atoms with Gasteiger partial charge in [-0.3, -0.25) is 19.7 Å². The molecule has 0 aliphatic carbocycles. The Morgan fingerprint density at radius 1 is 1.43 bits per heavy atom. The number of rotatable bonds is 4. The second-order valence-corrected chi connectivity index (χ2v) is 6.17. The number of aromatic nitrogens is 2. The summed E-state index contributed by atoms with van der Waals surface area (Å²) < 4.78 is 0. The van der Waals surface area contributed by atoms with E-state index >= 15 is 0 Å². The fourth-order valence-corrected chi connectivity index (χ4v) is 3.27. The minimum Gasteiger partial charge on any atom is -0.292 e. The van der Waals surface area contributed by atoms with E-state index in [1.165, 1.54) is 11.3 Å². The van der Waals surface area contributed by atoms with Crippen molar-refractivity contribution in [2.75, 3.05) is 11.4 Å². The molecule has 1 aliphatic rings. The average Bonchev–Trinajstić information content (AvgIpc) is 3.06. The summed E-state index contributed by atoms with van der Waals surface area (Å²) in [7, 11) is 0. The number of carbonyl (C=O) groups is 1. The van der Waals surface area contributed by atoms with Gasteiger partial charge in [0.1, 0.15) is 10.0 Å². The monoisotopic (exact) mass is 324 g/mol. The van der Waals surface area contributed by atoms with Crippen LogP contribution in [0, 0.1) is 5.92 Å². The molecule has 3 rings (SSSR count). The van der Waals surface area contributed by atoms with Gasteiger partial charge in [0.15, 0.2) is 0 Å². The van der Waals surface area contributed by atoms with Gasteiger partial charge >= 0.3 is 0 Å². The number of pyridine rings is 1. The van der Waals surface area contributed by atoms with Gasteiger partial charge in [0.05, 0.1) is 18.7 Å². The van der Waals surface area contributed by atoms with Gasteiger partial charge in [-0.2, -0.15) is 0 Å². The van der Waals surface area contributed by atoms with Gasteiger partial charge in [-0.05, 0) is 25.1 Å². The van der Waals surface area contributed by atoms with Crippen LogP contribution in [0.15, 0.2) is 60.1 Å². The lowest BCUT2D eigenvalue weighted by Crippen LogP contribution is -2.35. The maximum absolute atomic E-state index is 12.8. The first-order chi connectivity index (χ1) is 11.2. The van der Waals surface area contributed by atoms with Crippen molar-refractivity contribution in [3.63, 3.8) is 0 Å². The zero-order chi connectivity index (χ0) is 16.2. The minimum absolute atomic E-state index is 0.0352. The molecule has 23 heavy (non-hydrogen) atoms. The summed E-state index contributed by atoms with van der Waals surface area (Å²) in [4.78, 5) is 27.1. The van der Waals surface area contributed by atoms with Crippen LogP contribution < -0.4 is 4.90 Å². The van der Waals surface area contributed by atoms with Crippen LogP contribution in [0.25, 0.3) is 10.6 Å². The van der Waals surface area contributed by atoms with Crippen LogP contribution in [0.3, 0.4) is 0 Å². The highest BCUT2D eigenvalue weighted by atomic mass is 32.1. The van der Waals surface area contributed by atoms with Crippen LogP contribution >= 0.6 is 11.3 Å². The van der Waals surface area contributed by atoms with Crippen molar-refractivity contribution in [2.24, 2.45) is 10.9 Å². The van der Waals surface area contributed by atoms with Gasteiger partial charge in [0, 0.05) is 29.9 Å². The summed E-state index contributed by atoms with van der Waals surface area (Å²) in [6, 6.07) is 3.81. The third-order valence-corrected chi connectivity index (χ3v) is 4.41. The van der Waals surface area contributed by atoms with Crippen LogP contribution in [-0.4, -0.2) is 28.6 Å². The molecule has 3 heterocycles. The Labute approximate surface area is 138 Å². The molecule has 116 valence electrons. The van der Waals surface area contributed by atoms with E-state index in [-0.39, 0.29) is 11.8 Å². The van der Waals surface area contributed by atoms with Gasteiger partial charge in [0.2, 0.25) is 5.91 Å². The lowest BCUT2D eigenvalue weighted by Gasteiger charge is -2.24. The predicted molar refractivity (Wildman–Crippen MR) is 93.6 cm³/mol. The molecule has 6 heteroatoms. The number of hydrogen-bond acceptors (Lipinski definition) is 5. The molecule has 1 aliphatic heterocycles. The molecule has 0 saturated carbocycles. The minimum atomic E-state index is -0.263. The molecule has 5 nitrogen and oxygen atoms in total. The third kappa shape index (κ3) is 3.27. The second kappa shape index (κ2) is 6.66. The first-order valence-electron chi connectivity index (χ1n) is 7.19. The normalized spacial score (nSPS) is 16.3. The van der Waals surface area contributed by atoms with E-state index in [1.54, 1.807) is 35.8 Å². The van der Waals surface area contributed by atoms with Gasteiger partial charge in [-0.25, -0.2) is 4.98 Å². The number of nitrogens with zero attached hydrogens (tertiary/aromatic N) is 4. The highest BCUT2D eigenvalue weighted by Crippen LogP contribution is 2.33. The van der Waals surface area contributed by atoms with E-state index in [9.17, 15) is 4.79 Å². The smallest absolute Gasteiger partial charge is 0.240 e.